The molecule has 0 aliphatic heterocycles. The molecule has 0 heterocycles. The molecule has 0 atom stereocenters. The van der Waals surface area contributed by atoms with E-state index in [0.29, 0.717) is 11.3 Å². The van der Waals surface area contributed by atoms with Gasteiger partial charge in [-0.25, -0.2) is 0 Å². The van der Waals surface area contributed by atoms with Crippen LogP contribution >= 0.6 is 12.2 Å². The summed E-state index contributed by atoms with van der Waals surface area (Å²) < 4.78 is 5.12. The molecule has 0 spiro atoms. The molecule has 22 heavy (non-hydrogen) atoms. The highest BCUT2D eigenvalue weighted by atomic mass is 32.1. The predicted octanol–water partition coefficient (Wildman–Crippen LogP) is 2.90. The maximum absolute atomic E-state index is 12.0. The summed E-state index contributed by atoms with van der Waals surface area (Å²) >= 11 is 5.07. The van der Waals surface area contributed by atoms with Crippen LogP contribution in [0.3, 0.4) is 0 Å². The average Bonchev–Trinajstić information content (AvgIpc) is 2.50. The lowest BCUT2D eigenvalue weighted by molar-refractivity contribution is -0.115. The van der Waals surface area contributed by atoms with Crippen LogP contribution in [0.25, 0.3) is 0 Å². The van der Waals surface area contributed by atoms with Crippen LogP contribution in [-0.4, -0.2) is 23.2 Å². The number of phenolic OH excluding ortho intramolecular Hbond substituents is 1. The first-order valence-electron chi connectivity index (χ1n) is 6.47. The molecular formula is C16H18N2O3S. The lowest BCUT2D eigenvalue weighted by Crippen LogP contribution is -2.34. The normalized spacial score (nSPS) is 11.1. The van der Waals surface area contributed by atoms with Crippen LogP contribution in [0.4, 0.5) is 5.69 Å². The number of hydrogen-bond donors (Lipinski definition) is 3. The Morgan fingerprint density at radius 2 is 2.18 bits per heavy atom. The van der Waals surface area contributed by atoms with Crippen molar-refractivity contribution in [2.45, 2.75) is 6.92 Å². The molecule has 0 aromatic heterocycles. The maximum Gasteiger partial charge on any atom is 0.257 e. The summed E-state index contributed by atoms with van der Waals surface area (Å²) in [6.45, 7) is 5.42. The van der Waals surface area contributed by atoms with Gasteiger partial charge in [-0.15, -0.1) is 0 Å². The zero-order valence-corrected chi connectivity index (χ0v) is 13.2. The van der Waals surface area contributed by atoms with Crippen molar-refractivity contribution >= 4 is 28.9 Å². The number of phenols is 1. The topological polar surface area (TPSA) is 70.6 Å². The quantitative estimate of drug-likeness (QED) is 0.337. The summed E-state index contributed by atoms with van der Waals surface area (Å²) in [5, 5.41) is 15.1. The van der Waals surface area contributed by atoms with Crippen molar-refractivity contribution in [1.82, 2.24) is 5.32 Å². The van der Waals surface area contributed by atoms with Crippen molar-refractivity contribution < 1.29 is 14.6 Å². The molecule has 116 valence electrons. The number of carbonyl (C=O) groups is 1. The van der Waals surface area contributed by atoms with Crippen LogP contribution < -0.4 is 15.4 Å². The molecule has 1 aromatic rings. The number of allylic oxidation sites excluding steroid dienone is 3. The molecule has 6 heteroatoms. The Labute approximate surface area is 135 Å². The molecule has 0 radical (unpaired) electrons. The van der Waals surface area contributed by atoms with Crippen molar-refractivity contribution in [3.8, 4) is 11.5 Å². The fourth-order valence-electron chi connectivity index (χ4n) is 1.57. The fourth-order valence-corrected chi connectivity index (χ4v) is 1.77. The van der Waals surface area contributed by atoms with E-state index in [-0.39, 0.29) is 16.5 Å². The second-order valence-electron chi connectivity index (χ2n) is 4.11. The molecule has 0 fully saturated rings. The Hall–Kier alpha value is -2.60. The number of ether oxygens (including phenoxy) is 1. The van der Waals surface area contributed by atoms with Gasteiger partial charge in [-0.3, -0.25) is 10.1 Å². The SMILES string of the molecule is C=C/C(=C\C=C/C)C(=O)NC(=S)Nc1c(O)cccc1OC. The molecular weight excluding hydrogens is 300 g/mol. The highest BCUT2D eigenvalue weighted by Crippen LogP contribution is 2.33. The molecule has 1 aromatic carbocycles. The van der Waals surface area contributed by atoms with E-state index in [1.165, 1.54) is 19.3 Å². The van der Waals surface area contributed by atoms with Gasteiger partial charge in [-0.05, 0) is 37.4 Å². The van der Waals surface area contributed by atoms with Gasteiger partial charge < -0.3 is 15.2 Å². The van der Waals surface area contributed by atoms with E-state index in [1.807, 2.05) is 6.92 Å². The Morgan fingerprint density at radius 1 is 1.45 bits per heavy atom. The molecule has 1 rings (SSSR count). The van der Waals surface area contributed by atoms with Gasteiger partial charge in [0, 0.05) is 5.57 Å². The minimum atomic E-state index is -0.403. The predicted molar refractivity (Wildman–Crippen MR) is 92.1 cm³/mol. The fraction of sp³-hybridized carbons (Fsp3) is 0.125. The van der Waals surface area contributed by atoms with Gasteiger partial charge in [0.25, 0.3) is 5.91 Å². The third kappa shape index (κ3) is 4.75. The summed E-state index contributed by atoms with van der Waals surface area (Å²) in [7, 11) is 1.47. The number of hydrogen-bond acceptors (Lipinski definition) is 4. The van der Waals surface area contributed by atoms with Crippen LogP contribution in [-0.2, 0) is 4.79 Å². The first-order valence-corrected chi connectivity index (χ1v) is 6.88. The number of benzene rings is 1. The van der Waals surface area contributed by atoms with Gasteiger partial charge in [-0.1, -0.05) is 30.9 Å². The largest absolute Gasteiger partial charge is 0.506 e. The zero-order chi connectivity index (χ0) is 16.5. The second-order valence-corrected chi connectivity index (χ2v) is 4.52. The summed E-state index contributed by atoms with van der Waals surface area (Å²) in [6, 6.07) is 4.78. The van der Waals surface area contributed by atoms with Crippen LogP contribution in [0, 0.1) is 0 Å². The number of para-hydroxylation sites is 1. The first-order chi connectivity index (χ1) is 10.5. The molecule has 0 unspecified atom stereocenters. The van der Waals surface area contributed by atoms with Crippen molar-refractivity contribution in [3.63, 3.8) is 0 Å². The Bertz CT molecular complexity index is 636. The molecule has 1 amide bonds. The third-order valence-corrected chi connectivity index (χ3v) is 2.84. The smallest absolute Gasteiger partial charge is 0.257 e. The molecule has 0 bridgehead atoms. The van der Waals surface area contributed by atoms with Gasteiger partial charge in [0.15, 0.2) is 5.11 Å². The number of rotatable bonds is 5. The highest BCUT2D eigenvalue weighted by molar-refractivity contribution is 7.80. The number of thiocarbonyl (C=S) groups is 1. The van der Waals surface area contributed by atoms with E-state index in [4.69, 9.17) is 17.0 Å². The van der Waals surface area contributed by atoms with Crippen LogP contribution in [0.2, 0.25) is 0 Å². The van der Waals surface area contributed by atoms with Gasteiger partial charge in [0.1, 0.15) is 17.2 Å². The zero-order valence-electron chi connectivity index (χ0n) is 12.4. The molecule has 0 saturated carbocycles. The van der Waals surface area contributed by atoms with E-state index in [2.05, 4.69) is 17.2 Å². The van der Waals surface area contributed by atoms with Gasteiger partial charge in [0.05, 0.1) is 7.11 Å². The molecule has 0 aliphatic carbocycles. The molecule has 0 aliphatic rings. The Morgan fingerprint density at radius 3 is 2.77 bits per heavy atom. The molecule has 3 N–H and O–H groups in total. The van der Waals surface area contributed by atoms with E-state index >= 15 is 0 Å². The minimum Gasteiger partial charge on any atom is -0.506 e. The Balaban J connectivity index is 2.83. The number of aromatic hydroxyl groups is 1. The maximum atomic E-state index is 12.0. The standard InChI is InChI=1S/C16H18N2O3S/c1-4-6-8-11(5-2)15(20)18-16(22)17-14-12(19)9-7-10-13(14)21-3/h4-10,19H,2H2,1,3H3,(H2,17,18,20,22)/b6-4-,11-8+. The monoisotopic (exact) mass is 318 g/mol. The summed E-state index contributed by atoms with van der Waals surface area (Å²) in [5.41, 5.74) is 0.652. The van der Waals surface area contributed by atoms with E-state index in [0.717, 1.165) is 0 Å². The van der Waals surface area contributed by atoms with Crippen molar-refractivity contribution in [3.05, 3.63) is 54.7 Å². The minimum absolute atomic E-state index is 0.0376. The Kier molecular flexibility index (Phi) is 6.85. The van der Waals surface area contributed by atoms with Gasteiger partial charge >= 0.3 is 0 Å². The lowest BCUT2D eigenvalue weighted by atomic mass is 10.2. The second kappa shape index (κ2) is 8.63. The highest BCUT2D eigenvalue weighted by Gasteiger charge is 2.12. The van der Waals surface area contributed by atoms with Crippen molar-refractivity contribution in [1.29, 1.82) is 0 Å². The number of carbonyl (C=O) groups excluding carboxylic acids is 1. The van der Waals surface area contributed by atoms with E-state index < -0.39 is 5.91 Å². The number of amides is 1. The van der Waals surface area contributed by atoms with Crippen molar-refractivity contribution in [2.75, 3.05) is 12.4 Å². The van der Waals surface area contributed by atoms with Gasteiger partial charge in [0.2, 0.25) is 0 Å². The molecule has 5 nitrogen and oxygen atoms in total. The number of anilines is 1. The van der Waals surface area contributed by atoms with E-state index in [9.17, 15) is 9.90 Å². The molecule has 0 saturated heterocycles. The number of methoxy groups -OCH3 is 1. The average molecular weight is 318 g/mol. The first kappa shape index (κ1) is 17.5. The lowest BCUT2D eigenvalue weighted by Gasteiger charge is -2.14. The van der Waals surface area contributed by atoms with Crippen molar-refractivity contribution in [2.24, 2.45) is 0 Å². The van der Waals surface area contributed by atoms with E-state index in [1.54, 1.807) is 30.4 Å². The summed E-state index contributed by atoms with van der Waals surface area (Å²) in [4.78, 5) is 12.0. The van der Waals surface area contributed by atoms with Crippen LogP contribution in [0.15, 0.2) is 54.7 Å². The third-order valence-electron chi connectivity index (χ3n) is 2.64. The summed E-state index contributed by atoms with van der Waals surface area (Å²) in [5.74, 6) is -0.0330. The summed E-state index contributed by atoms with van der Waals surface area (Å²) in [6.07, 6.45) is 6.56. The van der Waals surface area contributed by atoms with Crippen LogP contribution in [0.1, 0.15) is 6.92 Å². The van der Waals surface area contributed by atoms with Crippen LogP contribution in [0.5, 0.6) is 11.5 Å². The van der Waals surface area contributed by atoms with Gasteiger partial charge in [-0.2, -0.15) is 0 Å². The number of nitrogens with one attached hydrogen (secondary N) is 2.